The second kappa shape index (κ2) is 7.34. The van der Waals surface area contributed by atoms with Crippen molar-refractivity contribution in [2.75, 3.05) is 27.3 Å². The quantitative estimate of drug-likeness (QED) is 0.663. The van der Waals surface area contributed by atoms with Gasteiger partial charge < -0.3 is 28.4 Å². The molecule has 3 aliphatic heterocycles. The van der Waals surface area contributed by atoms with E-state index in [1.165, 1.54) is 0 Å². The van der Waals surface area contributed by atoms with Gasteiger partial charge >= 0.3 is 0 Å². The molecule has 29 heavy (non-hydrogen) atoms. The second-order valence-electron chi connectivity index (χ2n) is 8.15. The standard InChI is InChI=1S/C23H26O6/c1-13(2)4-6-16-22-17(9-20-23(16)28-12-27-20)18-10-25-19-8-14(26-11-24-3)5-7-15(19)21(18)29-22/h5,7-9,13,18,21H,4,6,10-12H2,1-3H3/t18-,21-/m0/s1. The Hall–Kier alpha value is -2.60. The zero-order chi connectivity index (χ0) is 20.0. The molecule has 0 radical (unpaired) electrons. The van der Waals surface area contributed by atoms with E-state index in [4.69, 9.17) is 28.4 Å². The van der Waals surface area contributed by atoms with Gasteiger partial charge in [0, 0.05) is 29.9 Å². The molecule has 2 aromatic rings. The number of ether oxygens (including phenoxy) is 6. The van der Waals surface area contributed by atoms with Crippen molar-refractivity contribution in [1.82, 2.24) is 0 Å². The summed E-state index contributed by atoms with van der Waals surface area (Å²) in [5, 5.41) is 0. The van der Waals surface area contributed by atoms with Gasteiger partial charge in [-0.1, -0.05) is 13.8 Å². The molecule has 154 valence electrons. The molecule has 2 aromatic carbocycles. The fourth-order valence-corrected chi connectivity index (χ4v) is 4.29. The fourth-order valence-electron chi connectivity index (χ4n) is 4.29. The van der Waals surface area contributed by atoms with Crippen LogP contribution in [0.4, 0.5) is 0 Å². The van der Waals surface area contributed by atoms with Crippen LogP contribution in [0.15, 0.2) is 24.3 Å². The predicted octanol–water partition coefficient (Wildman–Crippen LogP) is 4.60. The number of methoxy groups -OCH3 is 1. The minimum Gasteiger partial charge on any atom is -0.492 e. The molecule has 0 aliphatic carbocycles. The highest BCUT2D eigenvalue weighted by atomic mass is 16.7. The molecular weight excluding hydrogens is 372 g/mol. The number of hydrogen-bond donors (Lipinski definition) is 0. The summed E-state index contributed by atoms with van der Waals surface area (Å²) in [5.41, 5.74) is 3.32. The fraction of sp³-hybridized carbons (Fsp3) is 0.478. The van der Waals surface area contributed by atoms with Gasteiger partial charge in [-0.2, -0.15) is 0 Å². The maximum Gasteiger partial charge on any atom is 0.231 e. The summed E-state index contributed by atoms with van der Waals surface area (Å²) in [6.07, 6.45) is 1.90. The Labute approximate surface area is 170 Å². The lowest BCUT2D eigenvalue weighted by Gasteiger charge is -2.28. The molecule has 0 N–H and O–H groups in total. The van der Waals surface area contributed by atoms with Crippen molar-refractivity contribution >= 4 is 0 Å². The number of rotatable bonds is 6. The van der Waals surface area contributed by atoms with Crippen LogP contribution in [0.5, 0.6) is 28.7 Å². The summed E-state index contributed by atoms with van der Waals surface area (Å²) in [7, 11) is 1.60. The van der Waals surface area contributed by atoms with E-state index in [0.29, 0.717) is 12.5 Å². The zero-order valence-electron chi connectivity index (χ0n) is 17.0. The molecule has 2 atom stereocenters. The van der Waals surface area contributed by atoms with Crippen molar-refractivity contribution in [3.63, 3.8) is 0 Å². The van der Waals surface area contributed by atoms with Gasteiger partial charge in [-0.15, -0.1) is 0 Å². The second-order valence-corrected chi connectivity index (χ2v) is 8.15. The van der Waals surface area contributed by atoms with E-state index in [1.807, 2.05) is 18.2 Å². The molecule has 5 rings (SSSR count). The van der Waals surface area contributed by atoms with Crippen LogP contribution in [0.25, 0.3) is 0 Å². The zero-order valence-corrected chi connectivity index (χ0v) is 17.0. The third-order valence-corrected chi connectivity index (χ3v) is 5.77. The maximum atomic E-state index is 6.57. The Balaban J connectivity index is 1.50. The van der Waals surface area contributed by atoms with Gasteiger partial charge in [0.1, 0.15) is 23.4 Å². The molecule has 0 saturated carbocycles. The van der Waals surface area contributed by atoms with Crippen molar-refractivity contribution < 1.29 is 28.4 Å². The third-order valence-electron chi connectivity index (χ3n) is 5.77. The van der Waals surface area contributed by atoms with E-state index in [9.17, 15) is 0 Å². The van der Waals surface area contributed by atoms with E-state index < -0.39 is 0 Å². The Kier molecular flexibility index (Phi) is 4.66. The third kappa shape index (κ3) is 3.15. The van der Waals surface area contributed by atoms with Crippen LogP contribution in [0, 0.1) is 5.92 Å². The average molecular weight is 398 g/mol. The monoisotopic (exact) mass is 398 g/mol. The first kappa shape index (κ1) is 18.4. The molecule has 0 saturated heterocycles. The SMILES string of the molecule is COCOc1ccc2c(c1)OC[C@H]1c3cc4c(c(CCC(C)C)c3O[C@@H]21)OCO4. The summed E-state index contributed by atoms with van der Waals surface area (Å²) in [6.45, 7) is 5.49. The van der Waals surface area contributed by atoms with E-state index in [0.717, 1.165) is 58.3 Å². The number of benzene rings is 2. The Morgan fingerprint density at radius 3 is 2.76 bits per heavy atom. The average Bonchev–Trinajstić information content (AvgIpc) is 3.33. The summed E-state index contributed by atoms with van der Waals surface area (Å²) >= 11 is 0. The van der Waals surface area contributed by atoms with E-state index in [2.05, 4.69) is 19.9 Å². The largest absolute Gasteiger partial charge is 0.492 e. The highest BCUT2D eigenvalue weighted by molar-refractivity contribution is 5.63. The molecule has 0 unspecified atom stereocenters. The minimum absolute atomic E-state index is 0.0782. The topological polar surface area (TPSA) is 55.4 Å². The van der Waals surface area contributed by atoms with Crippen LogP contribution in [-0.4, -0.2) is 27.3 Å². The van der Waals surface area contributed by atoms with Crippen molar-refractivity contribution in [1.29, 1.82) is 0 Å². The Bertz CT molecular complexity index is 922. The van der Waals surface area contributed by atoms with Crippen molar-refractivity contribution in [3.8, 4) is 28.7 Å². The molecule has 0 spiro atoms. The molecule has 0 amide bonds. The van der Waals surface area contributed by atoms with Crippen molar-refractivity contribution in [2.24, 2.45) is 5.92 Å². The predicted molar refractivity (Wildman–Crippen MR) is 106 cm³/mol. The number of hydrogen-bond acceptors (Lipinski definition) is 6. The minimum atomic E-state index is -0.0782. The van der Waals surface area contributed by atoms with Gasteiger partial charge in [0.05, 0.1) is 12.5 Å². The Morgan fingerprint density at radius 2 is 1.93 bits per heavy atom. The first-order valence-corrected chi connectivity index (χ1v) is 10.2. The van der Waals surface area contributed by atoms with Crippen LogP contribution in [0.3, 0.4) is 0 Å². The molecular formula is C23H26O6. The van der Waals surface area contributed by atoms with Crippen molar-refractivity contribution in [2.45, 2.75) is 38.7 Å². The highest BCUT2D eigenvalue weighted by Crippen LogP contribution is 2.57. The lowest BCUT2D eigenvalue weighted by Crippen LogP contribution is -2.23. The van der Waals surface area contributed by atoms with E-state index in [1.54, 1.807) is 7.11 Å². The van der Waals surface area contributed by atoms with Gasteiger partial charge in [-0.3, -0.25) is 0 Å². The summed E-state index contributed by atoms with van der Waals surface area (Å²) in [5.74, 6) is 4.86. The lowest BCUT2D eigenvalue weighted by molar-refractivity contribution is 0.0506. The molecule has 0 aromatic heterocycles. The first-order chi connectivity index (χ1) is 14.2. The van der Waals surface area contributed by atoms with Crippen LogP contribution < -0.4 is 23.7 Å². The van der Waals surface area contributed by atoms with Gasteiger partial charge in [-0.25, -0.2) is 0 Å². The highest BCUT2D eigenvalue weighted by Gasteiger charge is 2.44. The van der Waals surface area contributed by atoms with Crippen LogP contribution in [0.1, 0.15) is 49.0 Å². The summed E-state index contributed by atoms with van der Waals surface area (Å²) in [6, 6.07) is 7.94. The molecule has 6 heteroatoms. The van der Waals surface area contributed by atoms with Crippen LogP contribution >= 0.6 is 0 Å². The van der Waals surface area contributed by atoms with E-state index >= 15 is 0 Å². The van der Waals surface area contributed by atoms with Gasteiger partial charge in [0.25, 0.3) is 0 Å². The molecule has 3 aliphatic rings. The van der Waals surface area contributed by atoms with Gasteiger partial charge in [-0.05, 0) is 37.0 Å². The van der Waals surface area contributed by atoms with Crippen molar-refractivity contribution in [3.05, 3.63) is 41.0 Å². The summed E-state index contributed by atoms with van der Waals surface area (Å²) in [4.78, 5) is 0. The van der Waals surface area contributed by atoms with Gasteiger partial charge in [0.15, 0.2) is 18.3 Å². The van der Waals surface area contributed by atoms with E-state index in [-0.39, 0.29) is 25.6 Å². The molecule has 0 bridgehead atoms. The number of fused-ring (bicyclic) bond motifs is 6. The normalized spacial score (nSPS) is 20.6. The molecule has 0 fully saturated rings. The molecule has 6 nitrogen and oxygen atoms in total. The maximum absolute atomic E-state index is 6.57. The van der Waals surface area contributed by atoms with Gasteiger partial charge in [0.2, 0.25) is 6.79 Å². The summed E-state index contributed by atoms with van der Waals surface area (Å²) < 4.78 is 34.7. The molecule has 3 heterocycles. The smallest absolute Gasteiger partial charge is 0.231 e. The van der Waals surface area contributed by atoms with Crippen LogP contribution in [0.2, 0.25) is 0 Å². The van der Waals surface area contributed by atoms with Crippen LogP contribution in [-0.2, 0) is 11.2 Å². The first-order valence-electron chi connectivity index (χ1n) is 10.2. The Morgan fingerprint density at radius 1 is 1.03 bits per heavy atom. The lowest BCUT2D eigenvalue weighted by atomic mass is 9.88.